The van der Waals surface area contributed by atoms with Gasteiger partial charge in [0.1, 0.15) is 5.56 Å². The summed E-state index contributed by atoms with van der Waals surface area (Å²) in [7, 11) is 0. The number of aromatic carboxylic acids is 1. The fourth-order valence-corrected chi connectivity index (χ4v) is 2.04. The van der Waals surface area contributed by atoms with E-state index in [0.29, 0.717) is 5.69 Å². The Bertz CT molecular complexity index is 712. The minimum absolute atomic E-state index is 0.125. The van der Waals surface area contributed by atoms with Gasteiger partial charge in [0.25, 0.3) is 5.56 Å². The highest BCUT2D eigenvalue weighted by molar-refractivity contribution is 7.09. The molecule has 8 heteroatoms. The van der Waals surface area contributed by atoms with Gasteiger partial charge in [0, 0.05) is 11.6 Å². The molecule has 0 unspecified atom stereocenters. The number of nitrogens with one attached hydrogen (secondary N) is 1. The third kappa shape index (κ3) is 2.38. The first kappa shape index (κ1) is 12.2. The van der Waals surface area contributed by atoms with Gasteiger partial charge in [-0.2, -0.15) is 0 Å². The van der Waals surface area contributed by atoms with Crippen molar-refractivity contribution in [2.75, 3.05) is 0 Å². The third-order valence-electron chi connectivity index (χ3n) is 2.24. The van der Waals surface area contributed by atoms with Crippen LogP contribution in [0.4, 0.5) is 0 Å². The molecule has 0 amide bonds. The van der Waals surface area contributed by atoms with Gasteiger partial charge in [-0.1, -0.05) is 0 Å². The molecular weight excluding hydrogens is 258 g/mol. The van der Waals surface area contributed by atoms with Crippen LogP contribution in [0.5, 0.6) is 0 Å². The Morgan fingerprint density at radius 2 is 2.28 bits per heavy atom. The molecule has 2 rings (SSSR count). The van der Waals surface area contributed by atoms with E-state index in [9.17, 15) is 14.4 Å². The quantitative estimate of drug-likeness (QED) is 0.817. The fourth-order valence-electron chi connectivity index (χ4n) is 1.43. The van der Waals surface area contributed by atoms with Gasteiger partial charge in [-0.15, -0.1) is 11.3 Å². The summed E-state index contributed by atoms with van der Waals surface area (Å²) in [5, 5.41) is 11.4. The van der Waals surface area contributed by atoms with E-state index in [1.807, 2.05) is 11.9 Å². The van der Waals surface area contributed by atoms with E-state index < -0.39 is 22.8 Å². The van der Waals surface area contributed by atoms with Crippen molar-refractivity contribution in [1.29, 1.82) is 0 Å². The molecule has 0 aliphatic heterocycles. The van der Waals surface area contributed by atoms with E-state index in [4.69, 9.17) is 5.11 Å². The van der Waals surface area contributed by atoms with Gasteiger partial charge in [-0.25, -0.2) is 14.6 Å². The minimum Gasteiger partial charge on any atom is -0.477 e. The molecule has 18 heavy (non-hydrogen) atoms. The topological polar surface area (TPSA) is 105 Å². The summed E-state index contributed by atoms with van der Waals surface area (Å²) in [6.45, 7) is 1.95. The summed E-state index contributed by atoms with van der Waals surface area (Å²) in [5.74, 6) is -1.38. The maximum atomic E-state index is 11.5. The number of aryl methyl sites for hydroxylation is 1. The van der Waals surface area contributed by atoms with Gasteiger partial charge >= 0.3 is 11.7 Å². The average Bonchev–Trinajstić information content (AvgIpc) is 2.67. The van der Waals surface area contributed by atoms with Crippen molar-refractivity contribution in [3.8, 4) is 0 Å². The number of nitrogens with zero attached hydrogens (tertiary/aromatic N) is 2. The normalized spacial score (nSPS) is 10.5. The summed E-state index contributed by atoms with van der Waals surface area (Å²) in [4.78, 5) is 39.7. The molecule has 0 bridgehead atoms. The van der Waals surface area contributed by atoms with Gasteiger partial charge in [-0.05, 0) is 6.92 Å². The van der Waals surface area contributed by atoms with E-state index in [-0.39, 0.29) is 6.54 Å². The van der Waals surface area contributed by atoms with Gasteiger partial charge in [0.05, 0.1) is 17.2 Å². The highest BCUT2D eigenvalue weighted by atomic mass is 32.1. The van der Waals surface area contributed by atoms with Gasteiger partial charge < -0.3 is 5.11 Å². The van der Waals surface area contributed by atoms with Crippen LogP contribution in [0.3, 0.4) is 0 Å². The van der Waals surface area contributed by atoms with Gasteiger partial charge in [0.15, 0.2) is 0 Å². The molecule has 7 nitrogen and oxygen atoms in total. The first-order valence-corrected chi connectivity index (χ1v) is 5.83. The van der Waals surface area contributed by atoms with Crippen molar-refractivity contribution in [1.82, 2.24) is 14.5 Å². The number of hydrogen-bond acceptors (Lipinski definition) is 5. The van der Waals surface area contributed by atoms with Crippen LogP contribution in [0.15, 0.2) is 21.2 Å². The minimum atomic E-state index is -1.38. The maximum absolute atomic E-state index is 11.5. The monoisotopic (exact) mass is 267 g/mol. The van der Waals surface area contributed by atoms with Crippen molar-refractivity contribution in [2.24, 2.45) is 0 Å². The largest absolute Gasteiger partial charge is 0.477 e. The van der Waals surface area contributed by atoms with E-state index in [1.54, 1.807) is 5.38 Å². The van der Waals surface area contributed by atoms with E-state index in [2.05, 4.69) is 4.98 Å². The van der Waals surface area contributed by atoms with Crippen molar-refractivity contribution in [3.63, 3.8) is 0 Å². The average molecular weight is 267 g/mol. The lowest BCUT2D eigenvalue weighted by atomic mass is 10.3. The van der Waals surface area contributed by atoms with Crippen LogP contribution in [0.25, 0.3) is 0 Å². The molecule has 0 atom stereocenters. The van der Waals surface area contributed by atoms with Crippen LogP contribution < -0.4 is 11.2 Å². The lowest BCUT2D eigenvalue weighted by molar-refractivity contribution is 0.0693. The Morgan fingerprint density at radius 3 is 2.83 bits per heavy atom. The van der Waals surface area contributed by atoms with Crippen molar-refractivity contribution >= 4 is 17.3 Å². The van der Waals surface area contributed by atoms with E-state index in [0.717, 1.165) is 15.8 Å². The SMILES string of the molecule is Cc1nc(Cn2cc(C(=O)O)c(=O)[nH]c2=O)cs1. The molecule has 2 N–H and O–H groups in total. The summed E-state index contributed by atoms with van der Waals surface area (Å²) in [6.07, 6.45) is 1.03. The molecule has 0 aliphatic rings. The lowest BCUT2D eigenvalue weighted by Gasteiger charge is -2.03. The Balaban J connectivity index is 2.45. The van der Waals surface area contributed by atoms with Crippen molar-refractivity contribution in [3.05, 3.63) is 48.7 Å². The number of carbonyl (C=O) groups is 1. The zero-order valence-corrected chi connectivity index (χ0v) is 10.2. The zero-order chi connectivity index (χ0) is 13.3. The van der Waals surface area contributed by atoms with Crippen molar-refractivity contribution in [2.45, 2.75) is 13.5 Å². The zero-order valence-electron chi connectivity index (χ0n) is 9.34. The summed E-state index contributed by atoms with van der Waals surface area (Å²) in [6, 6.07) is 0. The van der Waals surface area contributed by atoms with E-state index >= 15 is 0 Å². The number of thiazole rings is 1. The van der Waals surface area contributed by atoms with Crippen LogP contribution in [-0.2, 0) is 6.54 Å². The van der Waals surface area contributed by atoms with Crippen LogP contribution in [0.2, 0.25) is 0 Å². The molecule has 2 aromatic heterocycles. The number of carboxylic acids is 1. The number of carboxylic acid groups (broad SMARTS) is 1. The molecule has 0 fully saturated rings. The molecule has 0 spiro atoms. The molecule has 0 saturated heterocycles. The molecular formula is C10H9N3O4S. The predicted molar refractivity (Wildman–Crippen MR) is 64.2 cm³/mol. The van der Waals surface area contributed by atoms with Crippen LogP contribution in [0.1, 0.15) is 21.1 Å². The summed E-state index contributed by atoms with van der Waals surface area (Å²) < 4.78 is 1.11. The second-order valence-corrected chi connectivity index (χ2v) is 4.66. The second kappa shape index (κ2) is 4.57. The molecule has 0 aliphatic carbocycles. The molecule has 94 valence electrons. The Morgan fingerprint density at radius 1 is 1.56 bits per heavy atom. The highest BCUT2D eigenvalue weighted by Crippen LogP contribution is 2.08. The molecule has 2 aromatic rings. The third-order valence-corrected chi connectivity index (χ3v) is 3.06. The molecule has 0 aromatic carbocycles. The summed E-state index contributed by atoms with van der Waals surface area (Å²) >= 11 is 1.43. The number of rotatable bonds is 3. The Kier molecular flexibility index (Phi) is 3.11. The number of aromatic amines is 1. The van der Waals surface area contributed by atoms with Crippen LogP contribution in [0, 0.1) is 6.92 Å². The fraction of sp³-hybridized carbons (Fsp3) is 0.200. The molecule has 0 radical (unpaired) electrons. The number of hydrogen-bond donors (Lipinski definition) is 2. The van der Waals surface area contributed by atoms with Gasteiger partial charge in [0.2, 0.25) is 0 Å². The highest BCUT2D eigenvalue weighted by Gasteiger charge is 2.12. The first-order valence-electron chi connectivity index (χ1n) is 4.95. The van der Waals surface area contributed by atoms with Crippen LogP contribution >= 0.6 is 11.3 Å². The first-order chi connectivity index (χ1) is 8.47. The number of H-pyrrole nitrogens is 1. The lowest BCUT2D eigenvalue weighted by Crippen LogP contribution is -2.33. The standard InChI is InChI=1S/C10H9N3O4S/c1-5-11-6(4-18-5)2-13-3-7(9(15)16)8(14)12-10(13)17/h3-4H,2H2,1H3,(H,15,16)(H,12,14,17). The number of aromatic nitrogens is 3. The van der Waals surface area contributed by atoms with E-state index in [1.165, 1.54) is 11.3 Å². The predicted octanol–water partition coefficient (Wildman–Crippen LogP) is 0.0480. The summed E-state index contributed by atoms with van der Waals surface area (Å²) in [5.41, 5.74) is -1.39. The molecule has 0 saturated carbocycles. The van der Waals surface area contributed by atoms with Crippen molar-refractivity contribution < 1.29 is 9.90 Å². The smallest absolute Gasteiger partial charge is 0.342 e. The van der Waals surface area contributed by atoms with Crippen LogP contribution in [-0.4, -0.2) is 25.6 Å². The Hall–Kier alpha value is -2.22. The maximum Gasteiger partial charge on any atom is 0.342 e. The second-order valence-electron chi connectivity index (χ2n) is 3.59. The van der Waals surface area contributed by atoms with Gasteiger partial charge in [-0.3, -0.25) is 14.3 Å². The molecule has 2 heterocycles. The Labute approximate surface area is 104 Å².